The number of nitrogens with zero attached hydrogens (tertiary/aromatic N) is 1. The van der Waals surface area contributed by atoms with Gasteiger partial charge in [0.25, 0.3) is 5.69 Å². The van der Waals surface area contributed by atoms with E-state index < -0.39 is 0 Å². The van der Waals surface area contributed by atoms with Crippen LogP contribution < -0.4 is 0 Å². The van der Waals surface area contributed by atoms with Crippen LogP contribution in [0.5, 0.6) is 0 Å². The van der Waals surface area contributed by atoms with Crippen molar-refractivity contribution in [3.05, 3.63) is 46.0 Å². The lowest BCUT2D eigenvalue weighted by Gasteiger charge is -1.99. The molecule has 1 rings (SSSR count). The van der Waals surface area contributed by atoms with Crippen molar-refractivity contribution in [1.82, 2.24) is 0 Å². The summed E-state index contributed by atoms with van der Waals surface area (Å²) in [4.78, 5) is 10.1. The van der Waals surface area contributed by atoms with Gasteiger partial charge in [-0.25, -0.2) is 0 Å². The molecule has 0 saturated carbocycles. The van der Waals surface area contributed by atoms with Crippen LogP contribution in [0.3, 0.4) is 0 Å². The van der Waals surface area contributed by atoms with E-state index in [2.05, 4.69) is 0 Å². The van der Waals surface area contributed by atoms with E-state index in [1.54, 1.807) is 12.1 Å². The number of rotatable bonds is 2. The predicted molar refractivity (Wildman–Crippen MR) is 52.4 cm³/mol. The Morgan fingerprint density at radius 1 is 1.54 bits per heavy atom. The van der Waals surface area contributed by atoms with Gasteiger partial charge < -0.3 is 0 Å². The van der Waals surface area contributed by atoms with Crippen molar-refractivity contribution >= 4 is 11.3 Å². The molecule has 0 atom stereocenters. The minimum absolute atomic E-state index is 0.138. The van der Waals surface area contributed by atoms with E-state index in [1.165, 1.54) is 6.07 Å². The van der Waals surface area contributed by atoms with Crippen molar-refractivity contribution in [3.63, 3.8) is 0 Å². The molecule has 0 N–H and O–H groups in total. The van der Waals surface area contributed by atoms with Crippen LogP contribution in [0.1, 0.15) is 19.4 Å². The van der Waals surface area contributed by atoms with Gasteiger partial charge in [-0.2, -0.15) is 0 Å². The van der Waals surface area contributed by atoms with Crippen LogP contribution >= 0.6 is 0 Å². The minimum Gasteiger partial charge on any atom is -0.258 e. The van der Waals surface area contributed by atoms with Gasteiger partial charge in [0.15, 0.2) is 0 Å². The van der Waals surface area contributed by atoms with Crippen molar-refractivity contribution in [2.45, 2.75) is 13.8 Å². The largest absolute Gasteiger partial charge is 0.270 e. The average Bonchev–Trinajstić information content (AvgIpc) is 2.17. The highest BCUT2D eigenvalue weighted by atomic mass is 16.6. The zero-order valence-electron chi connectivity index (χ0n) is 7.65. The Morgan fingerprint density at radius 3 is 2.77 bits per heavy atom. The highest BCUT2D eigenvalue weighted by Gasteiger charge is 2.05. The van der Waals surface area contributed by atoms with Crippen LogP contribution in [-0.4, -0.2) is 4.92 Å². The Bertz CT molecular complexity index is 356. The second-order valence-electron chi connectivity index (χ2n) is 2.78. The molecule has 68 valence electrons. The maximum Gasteiger partial charge on any atom is 0.270 e. The molecule has 0 aromatic heterocycles. The highest BCUT2D eigenvalue weighted by Crippen LogP contribution is 2.19. The van der Waals surface area contributed by atoms with E-state index >= 15 is 0 Å². The SMILES string of the molecule is C/C=C(\C)c1cccc([N+](=O)[O-])c1. The van der Waals surface area contributed by atoms with E-state index in [1.807, 2.05) is 26.0 Å². The molecule has 1 aromatic rings. The van der Waals surface area contributed by atoms with Crippen molar-refractivity contribution < 1.29 is 4.92 Å². The molecule has 1 aromatic carbocycles. The van der Waals surface area contributed by atoms with E-state index in [-0.39, 0.29) is 10.6 Å². The first-order valence-corrected chi connectivity index (χ1v) is 4.03. The van der Waals surface area contributed by atoms with E-state index in [0.29, 0.717) is 0 Å². The first-order valence-electron chi connectivity index (χ1n) is 4.03. The van der Waals surface area contributed by atoms with Crippen molar-refractivity contribution in [3.8, 4) is 0 Å². The Labute approximate surface area is 76.9 Å². The number of nitro groups is 1. The Kier molecular flexibility index (Phi) is 2.80. The molecule has 0 radical (unpaired) electrons. The molecular formula is C10H11NO2. The summed E-state index contributed by atoms with van der Waals surface area (Å²) in [5, 5.41) is 10.5. The summed E-state index contributed by atoms with van der Waals surface area (Å²) in [6.07, 6.45) is 1.93. The lowest BCUT2D eigenvalue weighted by molar-refractivity contribution is -0.384. The molecular weight excluding hydrogens is 166 g/mol. The van der Waals surface area contributed by atoms with Crippen LogP contribution in [0, 0.1) is 10.1 Å². The summed E-state index contributed by atoms with van der Waals surface area (Å²) in [5.41, 5.74) is 2.08. The van der Waals surface area contributed by atoms with Crippen LogP contribution in [-0.2, 0) is 0 Å². The fraction of sp³-hybridized carbons (Fsp3) is 0.200. The fourth-order valence-electron chi connectivity index (χ4n) is 1.03. The average molecular weight is 177 g/mol. The van der Waals surface area contributed by atoms with Gasteiger partial charge in [0.05, 0.1) is 4.92 Å². The van der Waals surface area contributed by atoms with E-state index in [4.69, 9.17) is 0 Å². The van der Waals surface area contributed by atoms with Crippen molar-refractivity contribution in [1.29, 1.82) is 0 Å². The maximum absolute atomic E-state index is 10.5. The minimum atomic E-state index is -0.383. The van der Waals surface area contributed by atoms with Crippen molar-refractivity contribution in [2.75, 3.05) is 0 Å². The second-order valence-corrected chi connectivity index (χ2v) is 2.78. The summed E-state index contributed by atoms with van der Waals surface area (Å²) < 4.78 is 0. The molecule has 0 fully saturated rings. The molecule has 0 saturated heterocycles. The summed E-state index contributed by atoms with van der Waals surface area (Å²) in [6.45, 7) is 3.84. The van der Waals surface area contributed by atoms with E-state index in [9.17, 15) is 10.1 Å². The summed E-state index contributed by atoms with van der Waals surface area (Å²) in [7, 11) is 0. The molecule has 0 aliphatic rings. The molecule has 13 heavy (non-hydrogen) atoms. The summed E-state index contributed by atoms with van der Waals surface area (Å²) in [5.74, 6) is 0. The number of nitro benzene ring substituents is 1. The first-order chi connectivity index (χ1) is 6.15. The standard InChI is InChI=1S/C10H11NO2/c1-3-8(2)9-5-4-6-10(7-9)11(12)13/h3-7H,1-2H3/b8-3+. The van der Waals surface area contributed by atoms with Gasteiger partial charge in [-0.15, -0.1) is 0 Å². The molecule has 0 heterocycles. The van der Waals surface area contributed by atoms with Gasteiger partial charge in [-0.05, 0) is 25.0 Å². The first kappa shape index (κ1) is 9.45. The molecule has 0 aliphatic heterocycles. The van der Waals surface area contributed by atoms with Gasteiger partial charge in [0.1, 0.15) is 0 Å². The highest BCUT2D eigenvalue weighted by molar-refractivity contribution is 5.65. The molecule has 0 bridgehead atoms. The normalized spacial score (nSPS) is 11.4. The molecule has 0 unspecified atom stereocenters. The molecule has 3 nitrogen and oxygen atoms in total. The van der Waals surface area contributed by atoms with Gasteiger partial charge in [-0.1, -0.05) is 18.2 Å². The number of benzene rings is 1. The quantitative estimate of drug-likeness (QED) is 0.514. The zero-order valence-corrected chi connectivity index (χ0v) is 7.65. The predicted octanol–water partition coefficient (Wildman–Crippen LogP) is 3.02. The third-order valence-corrected chi connectivity index (χ3v) is 1.95. The van der Waals surface area contributed by atoms with Gasteiger partial charge in [-0.3, -0.25) is 10.1 Å². The Balaban J connectivity index is 3.13. The zero-order chi connectivity index (χ0) is 9.84. The second kappa shape index (κ2) is 3.85. The molecule has 0 spiro atoms. The van der Waals surface area contributed by atoms with Gasteiger partial charge in [0.2, 0.25) is 0 Å². The summed E-state index contributed by atoms with van der Waals surface area (Å²) >= 11 is 0. The Morgan fingerprint density at radius 2 is 2.23 bits per heavy atom. The number of hydrogen-bond acceptors (Lipinski definition) is 2. The monoisotopic (exact) mass is 177 g/mol. The van der Waals surface area contributed by atoms with E-state index in [0.717, 1.165) is 11.1 Å². The molecule has 3 heteroatoms. The third-order valence-electron chi connectivity index (χ3n) is 1.95. The summed E-state index contributed by atoms with van der Waals surface area (Å²) in [6, 6.07) is 6.63. The number of allylic oxidation sites excluding steroid dienone is 2. The van der Waals surface area contributed by atoms with Gasteiger partial charge in [0, 0.05) is 12.1 Å². The topological polar surface area (TPSA) is 43.1 Å². The smallest absolute Gasteiger partial charge is 0.258 e. The lowest BCUT2D eigenvalue weighted by atomic mass is 10.1. The van der Waals surface area contributed by atoms with Crippen LogP contribution in [0.25, 0.3) is 5.57 Å². The van der Waals surface area contributed by atoms with Crippen LogP contribution in [0.2, 0.25) is 0 Å². The van der Waals surface area contributed by atoms with Crippen LogP contribution in [0.4, 0.5) is 5.69 Å². The number of non-ortho nitro benzene ring substituents is 1. The Hall–Kier alpha value is -1.64. The fourth-order valence-corrected chi connectivity index (χ4v) is 1.03. The third kappa shape index (κ3) is 2.15. The molecule has 0 aliphatic carbocycles. The lowest BCUT2D eigenvalue weighted by Crippen LogP contribution is -1.88. The van der Waals surface area contributed by atoms with Gasteiger partial charge >= 0.3 is 0 Å². The number of hydrogen-bond donors (Lipinski definition) is 0. The molecule has 0 amide bonds. The van der Waals surface area contributed by atoms with Crippen LogP contribution in [0.15, 0.2) is 30.3 Å². The van der Waals surface area contributed by atoms with Crippen molar-refractivity contribution in [2.24, 2.45) is 0 Å². The maximum atomic E-state index is 10.5.